The van der Waals surface area contributed by atoms with Gasteiger partial charge in [0.05, 0.1) is 0 Å². The SMILES string of the molecule is CCc1ccc(NC(=O)/C(C#N)=C/c2c(Cc3ccccc3Cl)ccc3ccccc23)cc1. The van der Waals surface area contributed by atoms with E-state index in [2.05, 4.69) is 24.4 Å². The second-order valence-corrected chi connectivity index (χ2v) is 8.21. The topological polar surface area (TPSA) is 52.9 Å². The summed E-state index contributed by atoms with van der Waals surface area (Å²) >= 11 is 6.41. The Balaban J connectivity index is 1.74. The maximum atomic E-state index is 12.9. The number of hydrogen-bond donors (Lipinski definition) is 1. The number of aryl methyl sites for hydroxylation is 1. The first-order chi connectivity index (χ1) is 16.1. The van der Waals surface area contributed by atoms with Gasteiger partial charge in [-0.2, -0.15) is 5.26 Å². The van der Waals surface area contributed by atoms with Gasteiger partial charge in [-0.25, -0.2) is 0 Å². The number of amides is 1. The standard InChI is InChI=1S/C29H23ClN2O/c1-2-20-11-15-25(16-12-20)32-29(33)24(19-31)18-27-22(17-23-8-4-6-10-28(23)30)14-13-21-7-3-5-9-26(21)27/h3-16,18H,2,17H2,1H3,(H,32,33)/b24-18+. The Morgan fingerprint density at radius 2 is 1.67 bits per heavy atom. The minimum absolute atomic E-state index is 0.0475. The molecular formula is C29H23ClN2O. The summed E-state index contributed by atoms with van der Waals surface area (Å²) in [4.78, 5) is 12.9. The van der Waals surface area contributed by atoms with Crippen molar-refractivity contribution in [2.45, 2.75) is 19.8 Å². The molecule has 0 aliphatic carbocycles. The number of nitrogens with one attached hydrogen (secondary N) is 1. The van der Waals surface area contributed by atoms with Crippen LogP contribution in [0.1, 0.15) is 29.2 Å². The molecule has 3 nitrogen and oxygen atoms in total. The lowest BCUT2D eigenvalue weighted by molar-refractivity contribution is -0.112. The summed E-state index contributed by atoms with van der Waals surface area (Å²) in [7, 11) is 0. The van der Waals surface area contributed by atoms with Gasteiger partial charge in [-0.1, -0.05) is 85.3 Å². The third-order valence-electron chi connectivity index (χ3n) is 5.67. The molecule has 0 aliphatic rings. The van der Waals surface area contributed by atoms with Crippen molar-refractivity contribution >= 4 is 40.0 Å². The Hall–Kier alpha value is -3.87. The first-order valence-electron chi connectivity index (χ1n) is 10.8. The molecule has 0 spiro atoms. The van der Waals surface area contributed by atoms with Gasteiger partial charge in [-0.05, 0) is 70.1 Å². The Morgan fingerprint density at radius 1 is 0.939 bits per heavy atom. The average Bonchev–Trinajstić information content (AvgIpc) is 2.85. The van der Waals surface area contributed by atoms with Crippen LogP contribution in [-0.2, 0) is 17.6 Å². The number of nitriles is 1. The van der Waals surface area contributed by atoms with Gasteiger partial charge in [0.25, 0.3) is 5.91 Å². The zero-order valence-electron chi connectivity index (χ0n) is 18.3. The molecule has 0 aromatic heterocycles. The number of rotatable bonds is 6. The van der Waals surface area contributed by atoms with E-state index in [-0.39, 0.29) is 5.57 Å². The molecule has 4 aromatic carbocycles. The third kappa shape index (κ3) is 5.14. The first kappa shape index (κ1) is 22.3. The van der Waals surface area contributed by atoms with Gasteiger partial charge >= 0.3 is 0 Å². The molecule has 0 atom stereocenters. The van der Waals surface area contributed by atoms with Crippen molar-refractivity contribution in [3.05, 3.63) is 118 Å². The zero-order valence-corrected chi connectivity index (χ0v) is 19.1. The monoisotopic (exact) mass is 450 g/mol. The average molecular weight is 451 g/mol. The van der Waals surface area contributed by atoms with Crippen molar-refractivity contribution < 1.29 is 4.79 Å². The number of benzene rings is 4. The highest BCUT2D eigenvalue weighted by Gasteiger charge is 2.14. The van der Waals surface area contributed by atoms with E-state index in [0.717, 1.165) is 33.9 Å². The smallest absolute Gasteiger partial charge is 0.266 e. The number of halogens is 1. The number of carbonyl (C=O) groups excluding carboxylic acids is 1. The third-order valence-corrected chi connectivity index (χ3v) is 6.04. The van der Waals surface area contributed by atoms with Gasteiger partial charge < -0.3 is 5.32 Å². The Labute approximate surface area is 198 Å². The largest absolute Gasteiger partial charge is 0.321 e. The lowest BCUT2D eigenvalue weighted by Crippen LogP contribution is -2.13. The summed E-state index contributed by atoms with van der Waals surface area (Å²) in [5.74, 6) is -0.432. The molecule has 4 rings (SSSR count). The van der Waals surface area contributed by atoms with Crippen LogP contribution in [0.5, 0.6) is 0 Å². The molecule has 0 radical (unpaired) electrons. The van der Waals surface area contributed by atoms with Crippen LogP contribution in [0, 0.1) is 11.3 Å². The quantitative estimate of drug-likeness (QED) is 0.249. The van der Waals surface area contributed by atoms with Gasteiger partial charge in [0.1, 0.15) is 11.6 Å². The molecule has 1 amide bonds. The number of carbonyl (C=O) groups is 1. The fourth-order valence-electron chi connectivity index (χ4n) is 3.83. The summed E-state index contributed by atoms with van der Waals surface area (Å²) in [6.45, 7) is 2.08. The van der Waals surface area contributed by atoms with E-state index >= 15 is 0 Å². The van der Waals surface area contributed by atoms with E-state index in [1.165, 1.54) is 5.56 Å². The molecule has 33 heavy (non-hydrogen) atoms. The highest BCUT2D eigenvalue weighted by molar-refractivity contribution is 6.31. The van der Waals surface area contributed by atoms with Gasteiger partial charge in [-0.3, -0.25) is 4.79 Å². The molecule has 0 unspecified atom stereocenters. The van der Waals surface area contributed by atoms with Crippen LogP contribution in [0.4, 0.5) is 5.69 Å². The van der Waals surface area contributed by atoms with E-state index in [1.54, 1.807) is 6.08 Å². The molecule has 0 saturated heterocycles. The second kappa shape index (κ2) is 10.2. The van der Waals surface area contributed by atoms with Gasteiger partial charge in [0.2, 0.25) is 0 Å². The van der Waals surface area contributed by atoms with Gasteiger partial charge in [0, 0.05) is 10.7 Å². The zero-order chi connectivity index (χ0) is 23.2. The molecule has 0 aliphatic heterocycles. The number of fused-ring (bicyclic) bond motifs is 1. The van der Waals surface area contributed by atoms with Crippen molar-refractivity contribution in [1.82, 2.24) is 0 Å². The van der Waals surface area contributed by atoms with Crippen molar-refractivity contribution in [2.75, 3.05) is 5.32 Å². The number of hydrogen-bond acceptors (Lipinski definition) is 2. The minimum atomic E-state index is -0.432. The van der Waals surface area contributed by atoms with E-state index < -0.39 is 5.91 Å². The maximum Gasteiger partial charge on any atom is 0.266 e. The Kier molecular flexibility index (Phi) is 6.88. The lowest BCUT2D eigenvalue weighted by Gasteiger charge is -2.12. The fourth-order valence-corrected chi connectivity index (χ4v) is 4.03. The van der Waals surface area contributed by atoms with E-state index in [9.17, 15) is 10.1 Å². The molecule has 162 valence electrons. The van der Waals surface area contributed by atoms with Crippen LogP contribution in [-0.4, -0.2) is 5.91 Å². The fraction of sp³-hybridized carbons (Fsp3) is 0.103. The number of nitrogens with zero attached hydrogens (tertiary/aromatic N) is 1. The van der Waals surface area contributed by atoms with Gasteiger partial charge in [-0.15, -0.1) is 0 Å². The lowest BCUT2D eigenvalue weighted by atomic mass is 9.93. The molecule has 4 heteroatoms. The highest BCUT2D eigenvalue weighted by Crippen LogP contribution is 2.29. The van der Waals surface area contributed by atoms with Gasteiger partial charge in [0.15, 0.2) is 0 Å². The molecule has 0 heterocycles. The predicted molar refractivity (Wildman–Crippen MR) is 136 cm³/mol. The molecule has 4 aromatic rings. The van der Waals surface area contributed by atoms with E-state index in [4.69, 9.17) is 11.6 Å². The predicted octanol–water partition coefficient (Wildman–Crippen LogP) is 7.19. The van der Waals surface area contributed by atoms with Crippen molar-refractivity contribution in [3.63, 3.8) is 0 Å². The summed E-state index contributed by atoms with van der Waals surface area (Å²) in [5, 5.41) is 15.4. The van der Waals surface area contributed by atoms with Crippen molar-refractivity contribution in [3.8, 4) is 6.07 Å². The highest BCUT2D eigenvalue weighted by atomic mass is 35.5. The Bertz CT molecular complexity index is 1380. The summed E-state index contributed by atoms with van der Waals surface area (Å²) in [5.41, 5.74) is 4.72. The van der Waals surface area contributed by atoms with E-state index in [0.29, 0.717) is 17.1 Å². The normalized spacial score (nSPS) is 11.2. The second-order valence-electron chi connectivity index (χ2n) is 7.80. The minimum Gasteiger partial charge on any atom is -0.321 e. The van der Waals surface area contributed by atoms with Crippen molar-refractivity contribution in [1.29, 1.82) is 5.26 Å². The maximum absolute atomic E-state index is 12.9. The van der Waals surface area contributed by atoms with E-state index in [1.807, 2.05) is 78.9 Å². The molecule has 0 saturated carbocycles. The number of anilines is 1. The molecule has 1 N–H and O–H groups in total. The van der Waals surface area contributed by atoms with Crippen LogP contribution in [0.2, 0.25) is 5.02 Å². The summed E-state index contributed by atoms with van der Waals surface area (Å²) < 4.78 is 0. The van der Waals surface area contributed by atoms with Crippen LogP contribution in [0.25, 0.3) is 16.8 Å². The molecular weight excluding hydrogens is 428 g/mol. The Morgan fingerprint density at radius 3 is 2.39 bits per heavy atom. The van der Waals surface area contributed by atoms with Crippen LogP contribution >= 0.6 is 11.6 Å². The van der Waals surface area contributed by atoms with Crippen LogP contribution in [0.3, 0.4) is 0 Å². The van der Waals surface area contributed by atoms with Crippen molar-refractivity contribution in [2.24, 2.45) is 0 Å². The van der Waals surface area contributed by atoms with Crippen LogP contribution in [0.15, 0.2) is 90.5 Å². The van der Waals surface area contributed by atoms with Crippen LogP contribution < -0.4 is 5.32 Å². The first-order valence-corrected chi connectivity index (χ1v) is 11.2. The summed E-state index contributed by atoms with van der Waals surface area (Å²) in [6, 6.07) is 29.5. The summed E-state index contributed by atoms with van der Waals surface area (Å²) in [6.07, 6.45) is 3.20. The molecule has 0 fully saturated rings. The molecule has 0 bridgehead atoms.